The van der Waals surface area contributed by atoms with E-state index in [1.807, 2.05) is 56.3 Å². The number of rotatable bonds is 6. The molecule has 1 N–H and O–H groups in total. The Hall–Kier alpha value is -2.61. The zero-order chi connectivity index (χ0) is 22.0. The first-order chi connectivity index (χ1) is 15.0. The topological polar surface area (TPSA) is 64.0 Å². The summed E-state index contributed by atoms with van der Waals surface area (Å²) in [4.78, 5) is 31.2. The predicted molar refractivity (Wildman–Crippen MR) is 131 cm³/mol. The van der Waals surface area contributed by atoms with Crippen molar-refractivity contribution in [2.24, 2.45) is 0 Å². The highest BCUT2D eigenvalue weighted by Crippen LogP contribution is 2.32. The number of nitrogens with zero attached hydrogens (tertiary/aromatic N) is 2. The van der Waals surface area contributed by atoms with Crippen molar-refractivity contribution >= 4 is 56.5 Å². The van der Waals surface area contributed by atoms with Crippen molar-refractivity contribution < 1.29 is 4.79 Å². The molecule has 4 rings (SSSR count). The Morgan fingerprint density at radius 3 is 2.71 bits per heavy atom. The fourth-order valence-corrected chi connectivity index (χ4v) is 5.26. The largest absolute Gasteiger partial charge is 0.325 e. The quantitative estimate of drug-likeness (QED) is 0.284. The molecular weight excluding hydrogens is 450 g/mol. The molecule has 0 saturated heterocycles. The minimum absolute atomic E-state index is 0.0757. The molecule has 0 aliphatic rings. The van der Waals surface area contributed by atoms with Crippen molar-refractivity contribution in [3.63, 3.8) is 0 Å². The van der Waals surface area contributed by atoms with Crippen LogP contribution in [0.1, 0.15) is 12.5 Å². The average Bonchev–Trinajstić information content (AvgIpc) is 3.20. The van der Waals surface area contributed by atoms with E-state index >= 15 is 0 Å². The molecule has 0 radical (unpaired) electrons. The summed E-state index contributed by atoms with van der Waals surface area (Å²) in [6, 6.07) is 17.2. The van der Waals surface area contributed by atoms with Crippen LogP contribution in [0.5, 0.6) is 0 Å². The lowest BCUT2D eigenvalue weighted by molar-refractivity contribution is -0.113. The summed E-state index contributed by atoms with van der Waals surface area (Å²) >= 11 is 8.73. The molecule has 0 saturated carbocycles. The summed E-state index contributed by atoms with van der Waals surface area (Å²) in [5.41, 5.74) is 3.25. The summed E-state index contributed by atoms with van der Waals surface area (Å²) in [7, 11) is 0. The molecule has 2 heterocycles. The van der Waals surface area contributed by atoms with Crippen molar-refractivity contribution in [2.45, 2.75) is 25.5 Å². The van der Waals surface area contributed by atoms with Crippen LogP contribution in [0.3, 0.4) is 0 Å². The van der Waals surface area contributed by atoms with Gasteiger partial charge in [0.25, 0.3) is 5.56 Å². The number of hydrogen-bond acceptors (Lipinski definition) is 5. The number of hydrogen-bond donors (Lipinski definition) is 1. The first kappa shape index (κ1) is 21.6. The highest BCUT2D eigenvalue weighted by molar-refractivity contribution is 7.99. The predicted octanol–water partition coefficient (Wildman–Crippen LogP) is 5.84. The first-order valence-electron chi connectivity index (χ1n) is 9.75. The van der Waals surface area contributed by atoms with E-state index in [-0.39, 0.29) is 17.2 Å². The Bertz CT molecular complexity index is 1320. The number of aromatic nitrogens is 2. The smallest absolute Gasteiger partial charge is 0.272 e. The lowest BCUT2D eigenvalue weighted by atomic mass is 10.2. The maximum absolute atomic E-state index is 13.0. The molecule has 2 aromatic carbocycles. The highest BCUT2D eigenvalue weighted by atomic mass is 35.5. The van der Waals surface area contributed by atoms with Gasteiger partial charge in [-0.2, -0.15) is 0 Å². The van der Waals surface area contributed by atoms with E-state index in [2.05, 4.69) is 5.32 Å². The zero-order valence-electron chi connectivity index (χ0n) is 17.0. The summed E-state index contributed by atoms with van der Waals surface area (Å²) in [5, 5.41) is 3.98. The molecule has 0 bridgehead atoms. The molecule has 0 spiro atoms. The zero-order valence-corrected chi connectivity index (χ0v) is 19.4. The number of benzene rings is 2. The van der Waals surface area contributed by atoms with E-state index in [1.165, 1.54) is 23.1 Å². The van der Waals surface area contributed by atoms with Crippen molar-refractivity contribution in [3.8, 4) is 10.4 Å². The molecule has 4 aromatic rings. The third-order valence-electron chi connectivity index (χ3n) is 4.78. The molecule has 158 valence electrons. The van der Waals surface area contributed by atoms with Crippen molar-refractivity contribution in [3.05, 3.63) is 75.5 Å². The van der Waals surface area contributed by atoms with Gasteiger partial charge in [0.05, 0.1) is 11.3 Å². The number of carbonyl (C=O) groups excluding carboxylic acids is 1. The Labute approximate surface area is 193 Å². The standard InChI is InChI=1S/C23H20ClN3O2S2/c1-3-27-22(29)21-18(12-19(31-21)15-7-5-4-6-8-15)26-23(27)30-13-20(28)25-17-11-16(24)10-9-14(17)2/h4-12H,3,13H2,1-2H3,(H,25,28). The van der Waals surface area contributed by atoms with E-state index in [0.29, 0.717) is 32.6 Å². The maximum atomic E-state index is 13.0. The molecule has 2 aromatic heterocycles. The molecule has 0 aliphatic carbocycles. The maximum Gasteiger partial charge on any atom is 0.272 e. The molecule has 31 heavy (non-hydrogen) atoms. The van der Waals surface area contributed by atoms with Crippen LogP contribution >= 0.6 is 34.7 Å². The molecule has 5 nitrogen and oxygen atoms in total. The molecular formula is C23H20ClN3O2S2. The van der Waals surface area contributed by atoms with Crippen molar-refractivity contribution in [1.29, 1.82) is 0 Å². The molecule has 0 atom stereocenters. The minimum Gasteiger partial charge on any atom is -0.325 e. The third-order valence-corrected chi connectivity index (χ3v) is 7.15. The van der Waals surface area contributed by atoms with Gasteiger partial charge in [-0.25, -0.2) is 4.98 Å². The molecule has 1 amide bonds. The number of amides is 1. The van der Waals surface area contributed by atoms with E-state index in [1.54, 1.807) is 16.7 Å². The lowest BCUT2D eigenvalue weighted by Gasteiger charge is -2.11. The third kappa shape index (κ3) is 4.69. The highest BCUT2D eigenvalue weighted by Gasteiger charge is 2.16. The molecule has 0 aliphatic heterocycles. The first-order valence-corrected chi connectivity index (χ1v) is 11.9. The number of anilines is 1. The Kier molecular flexibility index (Phi) is 6.46. The van der Waals surface area contributed by atoms with Gasteiger partial charge in [-0.15, -0.1) is 11.3 Å². The number of nitrogens with one attached hydrogen (secondary N) is 1. The normalized spacial score (nSPS) is 11.1. The van der Waals surface area contributed by atoms with Crippen molar-refractivity contribution in [2.75, 3.05) is 11.1 Å². The van der Waals surface area contributed by atoms with Gasteiger partial charge in [-0.3, -0.25) is 14.2 Å². The van der Waals surface area contributed by atoms with Gasteiger partial charge in [0.2, 0.25) is 5.91 Å². The van der Waals surface area contributed by atoms with Crippen LogP contribution < -0.4 is 10.9 Å². The Morgan fingerprint density at radius 1 is 1.19 bits per heavy atom. The van der Waals surface area contributed by atoms with Crippen LogP contribution in [-0.2, 0) is 11.3 Å². The SMILES string of the molecule is CCn1c(SCC(=O)Nc2cc(Cl)ccc2C)nc2cc(-c3ccccc3)sc2c1=O. The van der Waals surface area contributed by atoms with Crippen LogP contribution in [0.25, 0.3) is 20.7 Å². The van der Waals surface area contributed by atoms with E-state index in [9.17, 15) is 9.59 Å². The van der Waals surface area contributed by atoms with Gasteiger partial charge >= 0.3 is 0 Å². The van der Waals surface area contributed by atoms with Gasteiger partial charge in [0.15, 0.2) is 5.16 Å². The summed E-state index contributed by atoms with van der Waals surface area (Å²) in [6.45, 7) is 4.29. The Morgan fingerprint density at radius 2 is 1.97 bits per heavy atom. The Balaban J connectivity index is 1.59. The summed E-state index contributed by atoms with van der Waals surface area (Å²) in [5.74, 6) is -0.0396. The second-order valence-corrected chi connectivity index (χ2v) is 9.36. The number of fused-ring (bicyclic) bond motifs is 1. The van der Waals surface area contributed by atoms with Crippen LogP contribution in [0.4, 0.5) is 5.69 Å². The number of halogens is 1. The fraction of sp³-hybridized carbons (Fsp3) is 0.174. The van der Waals surface area contributed by atoms with Gasteiger partial charge < -0.3 is 5.32 Å². The van der Waals surface area contributed by atoms with Gasteiger partial charge in [0, 0.05) is 22.1 Å². The molecule has 8 heteroatoms. The van der Waals surface area contributed by atoms with Gasteiger partial charge in [-0.05, 0) is 43.2 Å². The average molecular weight is 470 g/mol. The number of aryl methyl sites for hydroxylation is 1. The molecule has 0 unspecified atom stereocenters. The second kappa shape index (κ2) is 9.26. The number of thiophene rings is 1. The summed E-state index contributed by atoms with van der Waals surface area (Å²) < 4.78 is 2.25. The lowest BCUT2D eigenvalue weighted by Crippen LogP contribution is -2.22. The van der Waals surface area contributed by atoms with Crippen LogP contribution in [-0.4, -0.2) is 21.2 Å². The van der Waals surface area contributed by atoms with Gasteiger partial charge in [0.1, 0.15) is 4.70 Å². The fourth-order valence-electron chi connectivity index (χ4n) is 3.17. The minimum atomic E-state index is -0.178. The number of thioether (sulfide) groups is 1. The summed E-state index contributed by atoms with van der Waals surface area (Å²) in [6.07, 6.45) is 0. The van der Waals surface area contributed by atoms with Gasteiger partial charge in [-0.1, -0.05) is 59.8 Å². The second-order valence-electron chi connectivity index (χ2n) is 6.93. The van der Waals surface area contributed by atoms with Crippen molar-refractivity contribution in [1.82, 2.24) is 9.55 Å². The van der Waals surface area contributed by atoms with E-state index in [4.69, 9.17) is 16.6 Å². The van der Waals surface area contributed by atoms with Crippen LogP contribution in [0, 0.1) is 6.92 Å². The molecule has 0 fully saturated rings. The van der Waals surface area contributed by atoms with E-state index in [0.717, 1.165) is 16.0 Å². The monoisotopic (exact) mass is 469 g/mol. The van der Waals surface area contributed by atoms with E-state index < -0.39 is 0 Å². The number of carbonyl (C=O) groups is 1. The van der Waals surface area contributed by atoms with Crippen LogP contribution in [0.2, 0.25) is 5.02 Å². The van der Waals surface area contributed by atoms with Crippen LogP contribution in [0.15, 0.2) is 64.5 Å².